The summed E-state index contributed by atoms with van der Waals surface area (Å²) in [7, 11) is 0. The minimum atomic E-state index is -0.872. The Bertz CT molecular complexity index is 2420. The van der Waals surface area contributed by atoms with Crippen molar-refractivity contribution in [3.63, 3.8) is 0 Å². The van der Waals surface area contributed by atoms with E-state index in [1.807, 2.05) is 0 Å². The van der Waals surface area contributed by atoms with Gasteiger partial charge in [0.05, 0.1) is 72.3 Å². The van der Waals surface area contributed by atoms with Gasteiger partial charge in [-0.3, -0.25) is 0 Å². The molecule has 186 valence electrons. The Labute approximate surface area is 253 Å². The molecule has 42 heavy (non-hydrogen) atoms. The van der Waals surface area contributed by atoms with Crippen molar-refractivity contribution in [2.45, 2.75) is 0 Å². The monoisotopic (exact) mass is 540 g/mol. The summed E-state index contributed by atoms with van der Waals surface area (Å²) < 4.78 is 75.1. The summed E-state index contributed by atoms with van der Waals surface area (Å²) in [6.07, 6.45) is 0. The molecule has 1 saturated carbocycles. The van der Waals surface area contributed by atoms with Crippen LogP contribution in [0.3, 0.4) is 0 Å². The fraction of sp³-hybridized carbons (Fsp3) is 0. The number of hydrogen-bond donors (Lipinski definition) is 0. The Morgan fingerprint density at radius 3 is 1.50 bits per heavy atom. The fourth-order valence-corrected chi connectivity index (χ4v) is 3.79. The summed E-state index contributed by atoms with van der Waals surface area (Å²) in [6, 6.07) is 0.587. The SMILES string of the molecule is [2H]c1c([2H])c([N+]#[C-])c(C([N+]#[C-])=C2C(=C(\C#N)c3c([2H])c([N+]#[C-])c([2H])c([2H])c3C#N)/C2=C(\C#N)c2c([2H])c([N+]#[C-])c([2H])c([2H])c2C#N)c([2H])c1C#N. The van der Waals surface area contributed by atoms with E-state index >= 15 is 0 Å². The van der Waals surface area contributed by atoms with E-state index in [1.165, 1.54) is 0 Å². The van der Waals surface area contributed by atoms with E-state index in [9.17, 15) is 26.3 Å². The third kappa shape index (κ3) is 4.56. The van der Waals surface area contributed by atoms with Gasteiger partial charge in [-0.15, -0.1) is 0 Å². The van der Waals surface area contributed by atoms with Crippen LogP contribution in [0.1, 0.15) is 45.7 Å². The molecule has 0 amide bonds. The summed E-state index contributed by atoms with van der Waals surface area (Å²) in [5.41, 5.74) is -10.3. The minimum Gasteiger partial charge on any atom is -0.239 e. The van der Waals surface area contributed by atoms with Gasteiger partial charge in [-0.25, -0.2) is 19.4 Å². The van der Waals surface area contributed by atoms with Crippen LogP contribution < -0.4 is 0 Å². The molecule has 1 aliphatic carbocycles. The van der Waals surface area contributed by atoms with E-state index < -0.39 is 138 Å². The first-order valence-corrected chi connectivity index (χ1v) is 10.9. The van der Waals surface area contributed by atoms with Crippen LogP contribution in [0.4, 0.5) is 17.1 Å². The lowest BCUT2D eigenvalue weighted by Gasteiger charge is -2.04. The highest BCUT2D eigenvalue weighted by molar-refractivity contribution is 6.12. The molecule has 0 N–H and O–H groups in total. The molecule has 0 aliphatic heterocycles. The molecule has 0 saturated heterocycles. The molecule has 0 heterocycles. The standard InChI is InChI=1S/C33H9N9/c1-39-22-8-6-20(15-35)24(12-22)27(17-37)30-31(28(18-38)25-13-23(40-2)9-7-21(25)16-36)32(30)33(42-4)26-11-19(14-34)5-10-29(26)41-3/h5-13H/b30-27-,31-28+,33-32?/i5D,6D,7D,8D,9D,10D,11D,12D,13D. The van der Waals surface area contributed by atoms with Crippen LogP contribution in [-0.2, 0) is 0 Å². The van der Waals surface area contributed by atoms with Gasteiger partial charge in [0.1, 0.15) is 12.1 Å². The zero-order valence-electron chi connectivity index (χ0n) is 29.5. The molecule has 3 aromatic carbocycles. The van der Waals surface area contributed by atoms with Gasteiger partial charge in [0.25, 0.3) is 0 Å². The minimum absolute atomic E-state index is 0.498. The van der Waals surface area contributed by atoms with Crippen molar-refractivity contribution in [3.05, 3.63) is 150 Å². The van der Waals surface area contributed by atoms with E-state index in [2.05, 4.69) is 19.4 Å². The first kappa shape index (κ1) is 17.7. The molecule has 9 nitrogen and oxygen atoms in total. The van der Waals surface area contributed by atoms with E-state index in [0.717, 1.165) is 0 Å². The van der Waals surface area contributed by atoms with Crippen LogP contribution in [0, 0.1) is 82.9 Å². The Balaban J connectivity index is 2.48. The smallest absolute Gasteiger partial charge is 0.192 e. The largest absolute Gasteiger partial charge is 0.239 e. The molecule has 3 aromatic rings. The molecule has 0 unspecified atom stereocenters. The molecule has 0 bridgehead atoms. The van der Waals surface area contributed by atoms with Crippen molar-refractivity contribution in [1.82, 2.24) is 0 Å². The highest BCUT2D eigenvalue weighted by Gasteiger charge is 2.42. The van der Waals surface area contributed by atoms with Crippen molar-refractivity contribution in [2.75, 3.05) is 0 Å². The number of nitrogens with zero attached hydrogens (tertiary/aromatic N) is 9. The lowest BCUT2D eigenvalue weighted by Crippen LogP contribution is -1.89. The molecule has 4 rings (SSSR count). The van der Waals surface area contributed by atoms with Gasteiger partial charge < -0.3 is 0 Å². The summed E-state index contributed by atoms with van der Waals surface area (Å²) in [6.45, 7) is 30.7. The van der Waals surface area contributed by atoms with Crippen LogP contribution in [0.25, 0.3) is 36.2 Å². The highest BCUT2D eigenvalue weighted by atomic mass is 14.7. The van der Waals surface area contributed by atoms with Crippen LogP contribution in [0.2, 0.25) is 0 Å². The van der Waals surface area contributed by atoms with E-state index in [4.69, 9.17) is 38.6 Å². The second-order valence-electron chi connectivity index (χ2n) is 7.65. The summed E-state index contributed by atoms with van der Waals surface area (Å²) in [5.74, 6) is 0. The molecule has 9 heteroatoms. The summed E-state index contributed by atoms with van der Waals surface area (Å²) >= 11 is 0. The number of hydrogen-bond acceptors (Lipinski definition) is 5. The maximum absolute atomic E-state index is 10.5. The molecule has 0 aromatic heterocycles. The van der Waals surface area contributed by atoms with Crippen molar-refractivity contribution in [3.8, 4) is 30.3 Å². The molecule has 0 spiro atoms. The van der Waals surface area contributed by atoms with Gasteiger partial charge in [0.15, 0.2) is 22.8 Å². The molecule has 0 radical (unpaired) electrons. The molecule has 0 atom stereocenters. The van der Waals surface area contributed by atoms with E-state index in [0.29, 0.717) is 0 Å². The van der Waals surface area contributed by atoms with Gasteiger partial charge in [-0.05, 0) is 34.4 Å². The lowest BCUT2D eigenvalue weighted by molar-refractivity contribution is 1.45. The molecule has 1 fully saturated rings. The van der Waals surface area contributed by atoms with Gasteiger partial charge in [-0.2, -0.15) is 26.3 Å². The quantitative estimate of drug-likeness (QED) is 0.249. The van der Waals surface area contributed by atoms with Gasteiger partial charge in [0, 0.05) is 23.5 Å². The van der Waals surface area contributed by atoms with Crippen LogP contribution in [0.15, 0.2) is 71.1 Å². The van der Waals surface area contributed by atoms with Gasteiger partial charge in [0.2, 0.25) is 0 Å². The normalized spacial score (nSPS) is 17.4. The Morgan fingerprint density at radius 1 is 0.595 bits per heavy atom. The number of benzene rings is 3. The van der Waals surface area contributed by atoms with Gasteiger partial charge >= 0.3 is 0 Å². The molecular weight excluding hydrogens is 522 g/mol. The Kier molecular flexibility index (Phi) is 4.79. The first-order valence-electron chi connectivity index (χ1n) is 15.4. The maximum Gasteiger partial charge on any atom is 0.192 e. The van der Waals surface area contributed by atoms with E-state index in [1.54, 1.807) is 30.3 Å². The van der Waals surface area contributed by atoms with Crippen molar-refractivity contribution in [1.29, 1.82) is 26.3 Å². The summed E-state index contributed by atoms with van der Waals surface area (Å²) in [5, 5.41) is 50.7. The molecular formula is C33H9N9. The second kappa shape index (κ2) is 11.4. The number of allylic oxidation sites excluding steroid dienone is 5. The topological polar surface area (TPSA) is 136 Å². The average molecular weight is 541 g/mol. The fourth-order valence-electron chi connectivity index (χ4n) is 3.79. The van der Waals surface area contributed by atoms with Crippen molar-refractivity contribution < 1.29 is 12.3 Å². The highest BCUT2D eigenvalue weighted by Crippen LogP contribution is 2.57. The predicted octanol–water partition coefficient (Wildman–Crippen LogP) is 7.55. The van der Waals surface area contributed by atoms with Crippen LogP contribution in [-0.4, -0.2) is 0 Å². The lowest BCUT2D eigenvalue weighted by atomic mass is 9.97. The third-order valence-corrected chi connectivity index (χ3v) is 5.56. The first-order chi connectivity index (χ1) is 24.2. The Hall–Kier alpha value is -7.71. The van der Waals surface area contributed by atoms with Crippen LogP contribution >= 0.6 is 0 Å². The average Bonchev–Trinajstić information content (AvgIpc) is 3.83. The van der Waals surface area contributed by atoms with Gasteiger partial charge in [-0.1, -0.05) is 42.3 Å². The second-order valence-corrected chi connectivity index (χ2v) is 7.65. The van der Waals surface area contributed by atoms with Crippen LogP contribution in [0.5, 0.6) is 0 Å². The number of rotatable bonds is 3. The Morgan fingerprint density at radius 2 is 1.12 bits per heavy atom. The van der Waals surface area contributed by atoms with E-state index in [-0.39, 0.29) is 0 Å². The molecule has 1 aliphatic rings. The zero-order chi connectivity index (χ0) is 38.2. The zero-order valence-corrected chi connectivity index (χ0v) is 20.5. The van der Waals surface area contributed by atoms with Crippen molar-refractivity contribution in [2.24, 2.45) is 0 Å². The maximum atomic E-state index is 10.5. The predicted molar refractivity (Wildman–Crippen MR) is 151 cm³/mol. The summed E-state index contributed by atoms with van der Waals surface area (Å²) in [4.78, 5) is 12.7. The third-order valence-electron chi connectivity index (χ3n) is 5.56. The van der Waals surface area contributed by atoms with Crippen molar-refractivity contribution >= 4 is 33.9 Å². The number of nitriles is 5.